The van der Waals surface area contributed by atoms with Crippen molar-refractivity contribution in [3.05, 3.63) is 76.3 Å². The van der Waals surface area contributed by atoms with Crippen LogP contribution in [-0.2, 0) is 11.3 Å². The van der Waals surface area contributed by atoms with Crippen molar-refractivity contribution >= 4 is 21.9 Å². The van der Waals surface area contributed by atoms with Gasteiger partial charge in [-0.1, -0.05) is 57.5 Å². The van der Waals surface area contributed by atoms with Gasteiger partial charge in [-0.05, 0) is 25.1 Å². The Kier molecular flexibility index (Phi) is 5.03. The number of carbonyl (C=O) groups is 1. The summed E-state index contributed by atoms with van der Waals surface area (Å²) in [5.74, 6) is 0.511. The molecule has 0 atom stereocenters. The molecular formula is C20H14BrN3O4. The first-order valence-electron chi connectivity index (χ1n) is 8.39. The van der Waals surface area contributed by atoms with Crippen LogP contribution in [-0.4, -0.2) is 21.3 Å². The molecule has 4 rings (SSSR count). The number of aryl methyl sites for hydroxylation is 1. The second-order valence-electron chi connectivity index (χ2n) is 5.92. The molecule has 28 heavy (non-hydrogen) atoms. The van der Waals surface area contributed by atoms with Crippen LogP contribution in [0.4, 0.5) is 0 Å². The third-order valence-electron chi connectivity index (χ3n) is 3.98. The van der Waals surface area contributed by atoms with E-state index in [-0.39, 0.29) is 18.4 Å². The second kappa shape index (κ2) is 7.77. The lowest BCUT2D eigenvalue weighted by Gasteiger charge is -2.02. The summed E-state index contributed by atoms with van der Waals surface area (Å²) in [6.45, 7) is 1.63. The number of hydrogen-bond acceptors (Lipinski definition) is 7. The van der Waals surface area contributed by atoms with Crippen molar-refractivity contribution in [3.63, 3.8) is 0 Å². The van der Waals surface area contributed by atoms with E-state index < -0.39 is 5.97 Å². The molecule has 0 fully saturated rings. The third-order valence-corrected chi connectivity index (χ3v) is 4.47. The van der Waals surface area contributed by atoms with Crippen LogP contribution >= 0.6 is 15.9 Å². The predicted molar refractivity (Wildman–Crippen MR) is 103 cm³/mol. The minimum absolute atomic E-state index is 0.136. The molecule has 0 aliphatic rings. The second-order valence-corrected chi connectivity index (χ2v) is 6.83. The van der Waals surface area contributed by atoms with Crippen LogP contribution in [0.5, 0.6) is 0 Å². The van der Waals surface area contributed by atoms with E-state index >= 15 is 0 Å². The van der Waals surface area contributed by atoms with E-state index in [0.29, 0.717) is 22.6 Å². The van der Waals surface area contributed by atoms with Gasteiger partial charge in [0.15, 0.2) is 6.61 Å². The van der Waals surface area contributed by atoms with Crippen molar-refractivity contribution in [3.8, 4) is 22.7 Å². The number of hydrogen-bond donors (Lipinski definition) is 0. The summed E-state index contributed by atoms with van der Waals surface area (Å²) in [6, 6.07) is 16.5. The number of ether oxygens (including phenoxy) is 1. The molecule has 0 aliphatic heterocycles. The van der Waals surface area contributed by atoms with Gasteiger partial charge in [0.1, 0.15) is 17.0 Å². The number of benzene rings is 2. The van der Waals surface area contributed by atoms with Crippen molar-refractivity contribution < 1.29 is 18.5 Å². The van der Waals surface area contributed by atoms with Crippen molar-refractivity contribution in [2.75, 3.05) is 0 Å². The first-order chi connectivity index (χ1) is 13.6. The Hall–Kier alpha value is -3.26. The summed E-state index contributed by atoms with van der Waals surface area (Å²) in [5, 5.41) is 12.1. The maximum atomic E-state index is 12.1. The molecule has 0 saturated heterocycles. The lowest BCUT2D eigenvalue weighted by atomic mass is 10.1. The van der Waals surface area contributed by atoms with E-state index in [1.54, 1.807) is 25.1 Å². The van der Waals surface area contributed by atoms with Crippen LogP contribution in [0.15, 0.2) is 68.0 Å². The Bertz CT molecular complexity index is 1120. The molecule has 2 aromatic carbocycles. The minimum Gasteiger partial charge on any atom is -0.452 e. The third kappa shape index (κ3) is 3.72. The Morgan fingerprint density at radius 3 is 2.71 bits per heavy atom. The standard InChI is InChI=1S/C20H14BrN3O4/c1-12-17(18(24-28-12)13-6-3-2-4-7-13)19-23-22-16(27-19)11-26-20(25)14-8-5-9-15(21)10-14/h2-10H,11H2,1H3. The summed E-state index contributed by atoms with van der Waals surface area (Å²) in [6.07, 6.45) is 0. The van der Waals surface area contributed by atoms with Crippen molar-refractivity contribution in [1.82, 2.24) is 15.4 Å². The Morgan fingerprint density at radius 1 is 1.11 bits per heavy atom. The monoisotopic (exact) mass is 439 g/mol. The summed E-state index contributed by atoms with van der Waals surface area (Å²) in [7, 11) is 0. The highest BCUT2D eigenvalue weighted by molar-refractivity contribution is 9.10. The van der Waals surface area contributed by atoms with Crippen LogP contribution in [0.2, 0.25) is 0 Å². The average Bonchev–Trinajstić information content (AvgIpc) is 3.33. The number of carbonyl (C=O) groups excluding carboxylic acids is 1. The predicted octanol–water partition coefficient (Wildman–Crippen LogP) is 4.82. The van der Waals surface area contributed by atoms with Crippen LogP contribution in [0.25, 0.3) is 22.7 Å². The fourth-order valence-electron chi connectivity index (χ4n) is 2.66. The molecule has 2 aromatic heterocycles. The fraction of sp³-hybridized carbons (Fsp3) is 0.100. The van der Waals surface area contributed by atoms with Crippen molar-refractivity contribution in [1.29, 1.82) is 0 Å². The number of rotatable bonds is 5. The van der Waals surface area contributed by atoms with Crippen LogP contribution < -0.4 is 0 Å². The molecule has 0 radical (unpaired) electrons. The maximum Gasteiger partial charge on any atom is 0.338 e. The van der Waals surface area contributed by atoms with Gasteiger partial charge in [0, 0.05) is 10.0 Å². The summed E-state index contributed by atoms with van der Waals surface area (Å²) in [5.41, 5.74) is 2.52. The lowest BCUT2D eigenvalue weighted by Crippen LogP contribution is -2.05. The van der Waals surface area contributed by atoms with E-state index in [4.69, 9.17) is 13.7 Å². The SMILES string of the molecule is Cc1onc(-c2ccccc2)c1-c1nnc(COC(=O)c2cccc(Br)c2)o1. The Balaban J connectivity index is 1.53. The highest BCUT2D eigenvalue weighted by atomic mass is 79.9. The molecule has 0 saturated carbocycles. The van der Waals surface area contributed by atoms with Crippen LogP contribution in [0.1, 0.15) is 22.0 Å². The van der Waals surface area contributed by atoms with E-state index in [9.17, 15) is 4.79 Å². The molecule has 0 spiro atoms. The molecule has 2 heterocycles. The normalized spacial score (nSPS) is 10.8. The first-order valence-corrected chi connectivity index (χ1v) is 9.18. The topological polar surface area (TPSA) is 91.3 Å². The molecule has 0 aliphatic carbocycles. The number of aromatic nitrogens is 3. The quantitative estimate of drug-likeness (QED) is 0.411. The fourth-order valence-corrected chi connectivity index (χ4v) is 3.06. The van der Waals surface area contributed by atoms with Crippen molar-refractivity contribution in [2.45, 2.75) is 13.5 Å². The van der Waals surface area contributed by atoms with Crippen LogP contribution in [0.3, 0.4) is 0 Å². The van der Waals surface area contributed by atoms with E-state index in [0.717, 1.165) is 10.0 Å². The number of nitrogens with zero attached hydrogens (tertiary/aromatic N) is 3. The van der Waals surface area contributed by atoms with Gasteiger partial charge in [-0.3, -0.25) is 0 Å². The molecule has 8 heteroatoms. The van der Waals surface area contributed by atoms with Gasteiger partial charge < -0.3 is 13.7 Å². The molecular weight excluding hydrogens is 426 g/mol. The molecule has 0 amide bonds. The molecule has 0 bridgehead atoms. The molecule has 4 aromatic rings. The molecule has 0 N–H and O–H groups in total. The van der Waals surface area contributed by atoms with E-state index in [1.807, 2.05) is 36.4 Å². The molecule has 0 unspecified atom stereocenters. The Labute approximate surface area is 168 Å². The zero-order chi connectivity index (χ0) is 19.5. The highest BCUT2D eigenvalue weighted by Gasteiger charge is 2.22. The summed E-state index contributed by atoms with van der Waals surface area (Å²) < 4.78 is 17.0. The smallest absolute Gasteiger partial charge is 0.338 e. The van der Waals surface area contributed by atoms with Gasteiger partial charge in [0.2, 0.25) is 0 Å². The van der Waals surface area contributed by atoms with Gasteiger partial charge >= 0.3 is 5.97 Å². The lowest BCUT2D eigenvalue weighted by molar-refractivity contribution is 0.0438. The maximum absolute atomic E-state index is 12.1. The highest BCUT2D eigenvalue weighted by Crippen LogP contribution is 2.33. The minimum atomic E-state index is -0.479. The van der Waals surface area contributed by atoms with Gasteiger partial charge in [-0.25, -0.2) is 4.79 Å². The largest absolute Gasteiger partial charge is 0.452 e. The van der Waals surface area contributed by atoms with E-state index in [1.165, 1.54) is 0 Å². The zero-order valence-electron chi connectivity index (χ0n) is 14.8. The molecule has 7 nitrogen and oxygen atoms in total. The number of halogens is 1. The van der Waals surface area contributed by atoms with Gasteiger partial charge in [-0.15, -0.1) is 10.2 Å². The zero-order valence-corrected chi connectivity index (χ0v) is 16.3. The first kappa shape index (κ1) is 18.1. The molecule has 140 valence electrons. The van der Waals surface area contributed by atoms with E-state index in [2.05, 4.69) is 31.3 Å². The van der Waals surface area contributed by atoms with Gasteiger partial charge in [-0.2, -0.15) is 0 Å². The summed E-state index contributed by atoms with van der Waals surface area (Å²) in [4.78, 5) is 12.1. The van der Waals surface area contributed by atoms with Gasteiger partial charge in [0.05, 0.1) is 5.56 Å². The average molecular weight is 440 g/mol. The van der Waals surface area contributed by atoms with Crippen LogP contribution in [0, 0.1) is 6.92 Å². The van der Waals surface area contributed by atoms with Gasteiger partial charge in [0.25, 0.3) is 11.8 Å². The Morgan fingerprint density at radius 2 is 1.93 bits per heavy atom. The summed E-state index contributed by atoms with van der Waals surface area (Å²) >= 11 is 3.32. The number of esters is 1. The van der Waals surface area contributed by atoms with Crippen molar-refractivity contribution in [2.24, 2.45) is 0 Å².